The van der Waals surface area contributed by atoms with Gasteiger partial charge in [-0.05, 0) is 36.0 Å². The van der Waals surface area contributed by atoms with E-state index in [0.29, 0.717) is 17.1 Å². The highest BCUT2D eigenvalue weighted by atomic mass is 32.2. The summed E-state index contributed by atoms with van der Waals surface area (Å²) in [7, 11) is 3.42. The van der Waals surface area contributed by atoms with Crippen LogP contribution >= 0.6 is 11.8 Å². The van der Waals surface area contributed by atoms with E-state index in [9.17, 15) is 4.79 Å². The lowest BCUT2D eigenvalue weighted by Gasteiger charge is -2.56. The average molecular weight is 349 g/mol. The molecule has 1 saturated heterocycles. The van der Waals surface area contributed by atoms with Crippen molar-refractivity contribution in [3.8, 4) is 5.75 Å². The number of methoxy groups -OCH3 is 2. The summed E-state index contributed by atoms with van der Waals surface area (Å²) in [6, 6.07) is 7.86. The molecular formula is C19H27NO3S. The number of amides is 1. The van der Waals surface area contributed by atoms with Gasteiger partial charge in [0.05, 0.1) is 19.5 Å². The number of carbonyl (C=O) groups is 1. The first-order valence-corrected chi connectivity index (χ1v) is 9.42. The summed E-state index contributed by atoms with van der Waals surface area (Å²) < 4.78 is 10.7. The Morgan fingerprint density at radius 3 is 2.83 bits per heavy atom. The predicted molar refractivity (Wildman–Crippen MR) is 96.5 cm³/mol. The van der Waals surface area contributed by atoms with Crippen LogP contribution in [0.3, 0.4) is 0 Å². The van der Waals surface area contributed by atoms with Crippen molar-refractivity contribution in [2.24, 2.45) is 16.7 Å². The van der Waals surface area contributed by atoms with Gasteiger partial charge < -0.3 is 14.4 Å². The van der Waals surface area contributed by atoms with E-state index >= 15 is 0 Å². The molecule has 0 spiro atoms. The largest absolute Gasteiger partial charge is 0.497 e. The molecule has 0 bridgehead atoms. The quantitative estimate of drug-likeness (QED) is 0.739. The monoisotopic (exact) mass is 349 g/mol. The summed E-state index contributed by atoms with van der Waals surface area (Å²) in [6.07, 6.45) is 1.14. The first-order chi connectivity index (χ1) is 11.4. The van der Waals surface area contributed by atoms with Gasteiger partial charge in [0.2, 0.25) is 5.91 Å². The van der Waals surface area contributed by atoms with E-state index in [0.717, 1.165) is 36.8 Å². The van der Waals surface area contributed by atoms with Crippen LogP contribution in [0.4, 0.5) is 0 Å². The number of thioether (sulfide) groups is 1. The summed E-state index contributed by atoms with van der Waals surface area (Å²) in [5.41, 5.74) is 0.488. The van der Waals surface area contributed by atoms with E-state index in [-0.39, 0.29) is 11.3 Å². The van der Waals surface area contributed by atoms with Crippen LogP contribution in [0.2, 0.25) is 0 Å². The van der Waals surface area contributed by atoms with Gasteiger partial charge in [0.1, 0.15) is 5.75 Å². The molecule has 1 aliphatic heterocycles. The van der Waals surface area contributed by atoms with Gasteiger partial charge in [0, 0.05) is 30.5 Å². The van der Waals surface area contributed by atoms with Crippen molar-refractivity contribution in [2.45, 2.75) is 25.2 Å². The number of nitrogens with zero attached hydrogens (tertiary/aromatic N) is 1. The minimum atomic E-state index is 0.175. The lowest BCUT2D eigenvalue weighted by Crippen LogP contribution is -2.55. The van der Waals surface area contributed by atoms with Crippen LogP contribution in [0.5, 0.6) is 5.75 Å². The summed E-state index contributed by atoms with van der Waals surface area (Å²) in [4.78, 5) is 15.8. The van der Waals surface area contributed by atoms with E-state index in [1.165, 1.54) is 0 Å². The molecule has 2 atom stereocenters. The minimum Gasteiger partial charge on any atom is -0.497 e. The first-order valence-electron chi connectivity index (χ1n) is 8.44. The van der Waals surface area contributed by atoms with Crippen LogP contribution in [0.1, 0.15) is 20.3 Å². The van der Waals surface area contributed by atoms with Gasteiger partial charge in [0.25, 0.3) is 0 Å². The Labute approximate surface area is 148 Å². The molecule has 4 nitrogen and oxygen atoms in total. The Bertz CT molecular complexity index is 618. The van der Waals surface area contributed by atoms with Gasteiger partial charge >= 0.3 is 0 Å². The molecule has 132 valence electrons. The van der Waals surface area contributed by atoms with Crippen molar-refractivity contribution in [1.29, 1.82) is 0 Å². The number of ether oxygens (including phenoxy) is 2. The maximum Gasteiger partial charge on any atom is 0.232 e. The molecule has 0 N–H and O–H groups in total. The van der Waals surface area contributed by atoms with E-state index in [4.69, 9.17) is 9.47 Å². The van der Waals surface area contributed by atoms with Crippen molar-refractivity contribution >= 4 is 17.7 Å². The summed E-state index contributed by atoms with van der Waals surface area (Å²) in [5.74, 6) is 2.08. The number of benzene rings is 1. The van der Waals surface area contributed by atoms with Crippen molar-refractivity contribution in [3.05, 3.63) is 24.3 Å². The van der Waals surface area contributed by atoms with Gasteiger partial charge in [0.15, 0.2) is 0 Å². The Kier molecular flexibility index (Phi) is 4.85. The van der Waals surface area contributed by atoms with Crippen LogP contribution in [0, 0.1) is 16.7 Å². The fourth-order valence-corrected chi connectivity index (χ4v) is 5.57. The zero-order chi connectivity index (χ0) is 17.4. The van der Waals surface area contributed by atoms with Crippen LogP contribution in [0.15, 0.2) is 29.2 Å². The van der Waals surface area contributed by atoms with Crippen molar-refractivity contribution < 1.29 is 14.3 Å². The zero-order valence-electron chi connectivity index (χ0n) is 15.0. The molecule has 1 saturated carbocycles. The molecular weight excluding hydrogens is 322 g/mol. The minimum absolute atomic E-state index is 0.175. The third-order valence-corrected chi connectivity index (χ3v) is 6.57. The smallest absolute Gasteiger partial charge is 0.232 e. The highest BCUT2D eigenvalue weighted by Gasteiger charge is 2.63. The highest BCUT2D eigenvalue weighted by molar-refractivity contribution is 8.00. The van der Waals surface area contributed by atoms with Crippen LogP contribution in [-0.2, 0) is 9.53 Å². The standard InChI is InChI=1S/C19H27NO3S/c1-18(2)11-19(13-22-3)12-20(9-16(18)19)17(21)10-24-15-7-5-6-14(8-15)23-4/h5-8,16H,9-13H2,1-4H3/t16-,19-/m1/s1. The molecule has 0 radical (unpaired) electrons. The Hall–Kier alpha value is -1.20. The van der Waals surface area contributed by atoms with Gasteiger partial charge in [-0.3, -0.25) is 4.79 Å². The Morgan fingerprint density at radius 2 is 2.17 bits per heavy atom. The second-order valence-electron chi connectivity index (χ2n) is 7.76. The molecule has 1 aliphatic carbocycles. The molecule has 24 heavy (non-hydrogen) atoms. The van der Waals surface area contributed by atoms with Crippen LogP contribution < -0.4 is 4.74 Å². The fraction of sp³-hybridized carbons (Fsp3) is 0.632. The van der Waals surface area contributed by atoms with E-state index < -0.39 is 0 Å². The fourth-order valence-electron chi connectivity index (χ4n) is 4.73. The van der Waals surface area contributed by atoms with Gasteiger partial charge in [-0.15, -0.1) is 11.8 Å². The molecule has 2 aliphatic rings. The number of fused-ring (bicyclic) bond motifs is 1. The number of rotatable bonds is 6. The van der Waals surface area contributed by atoms with Crippen molar-refractivity contribution in [1.82, 2.24) is 4.90 Å². The third kappa shape index (κ3) is 3.16. The first kappa shape index (κ1) is 17.6. The molecule has 1 heterocycles. The summed E-state index contributed by atoms with van der Waals surface area (Å²) in [6.45, 7) is 7.09. The maximum absolute atomic E-state index is 12.7. The number of hydrogen-bond acceptors (Lipinski definition) is 4. The number of likely N-dealkylation sites (tertiary alicyclic amines) is 1. The average Bonchev–Trinajstić information content (AvgIpc) is 2.88. The molecule has 3 rings (SSSR count). The second kappa shape index (κ2) is 6.60. The number of hydrogen-bond donors (Lipinski definition) is 0. The molecule has 0 aromatic heterocycles. The molecule has 5 heteroatoms. The molecule has 1 aromatic carbocycles. The second-order valence-corrected chi connectivity index (χ2v) is 8.80. The molecule has 1 amide bonds. The maximum atomic E-state index is 12.7. The van der Waals surface area contributed by atoms with Gasteiger partial charge in [-0.1, -0.05) is 19.9 Å². The molecule has 0 unspecified atom stereocenters. The van der Waals surface area contributed by atoms with E-state index in [2.05, 4.69) is 13.8 Å². The van der Waals surface area contributed by atoms with Gasteiger partial charge in [-0.25, -0.2) is 0 Å². The number of carbonyl (C=O) groups excluding carboxylic acids is 1. The SMILES string of the molecule is COC[C@@]12CN(C(=O)CSc3cccc(OC)c3)C[C@@H]1C(C)(C)C2. The van der Waals surface area contributed by atoms with Crippen molar-refractivity contribution in [2.75, 3.05) is 39.7 Å². The van der Waals surface area contributed by atoms with Crippen LogP contribution in [0.25, 0.3) is 0 Å². The van der Waals surface area contributed by atoms with Crippen LogP contribution in [-0.4, -0.2) is 50.5 Å². The van der Waals surface area contributed by atoms with Crippen molar-refractivity contribution in [3.63, 3.8) is 0 Å². The van der Waals surface area contributed by atoms with E-state index in [1.807, 2.05) is 29.2 Å². The predicted octanol–water partition coefficient (Wildman–Crippen LogP) is 3.31. The lowest BCUT2D eigenvalue weighted by atomic mass is 9.48. The zero-order valence-corrected chi connectivity index (χ0v) is 15.8. The van der Waals surface area contributed by atoms with E-state index in [1.54, 1.807) is 26.0 Å². The third-order valence-electron chi connectivity index (χ3n) is 5.59. The Balaban J connectivity index is 1.60. The summed E-state index contributed by atoms with van der Waals surface area (Å²) in [5, 5.41) is 0. The Morgan fingerprint density at radius 1 is 1.38 bits per heavy atom. The molecule has 1 aromatic rings. The molecule has 2 fully saturated rings. The highest BCUT2D eigenvalue weighted by Crippen LogP contribution is 2.62. The topological polar surface area (TPSA) is 38.8 Å². The van der Waals surface area contributed by atoms with Gasteiger partial charge in [-0.2, -0.15) is 0 Å². The summed E-state index contributed by atoms with van der Waals surface area (Å²) >= 11 is 1.58. The normalized spacial score (nSPS) is 27.5. The lowest BCUT2D eigenvalue weighted by molar-refractivity contribution is -0.128.